The third-order valence-corrected chi connectivity index (χ3v) is 3.99. The Kier molecular flexibility index (Phi) is 3.92. The number of nitrogens with two attached hydrogens (primary N) is 1. The van der Waals surface area contributed by atoms with E-state index in [0.29, 0.717) is 6.54 Å². The number of hydrogen-bond acceptors (Lipinski definition) is 3. The molecule has 0 saturated carbocycles. The average Bonchev–Trinajstić information content (AvgIpc) is 2.32. The Labute approximate surface area is 116 Å². The van der Waals surface area contributed by atoms with Gasteiger partial charge in [-0.2, -0.15) is 0 Å². The van der Waals surface area contributed by atoms with Gasteiger partial charge in [-0.1, -0.05) is 22.0 Å². The number of benzene rings is 1. The first-order chi connectivity index (χ1) is 8.50. The zero-order chi connectivity index (χ0) is 13.3. The minimum atomic E-state index is -0.133. The normalized spacial score (nSPS) is 21.7. The van der Waals surface area contributed by atoms with Crippen molar-refractivity contribution in [2.24, 2.45) is 5.73 Å². The molecule has 18 heavy (non-hydrogen) atoms. The minimum Gasteiger partial charge on any atom is -0.358 e. The average molecular weight is 312 g/mol. The van der Waals surface area contributed by atoms with Crippen molar-refractivity contribution >= 4 is 27.5 Å². The lowest BCUT2D eigenvalue weighted by molar-refractivity contribution is -0.122. The van der Waals surface area contributed by atoms with Gasteiger partial charge in [-0.3, -0.25) is 4.79 Å². The van der Waals surface area contributed by atoms with Crippen LogP contribution in [-0.4, -0.2) is 25.0 Å². The van der Waals surface area contributed by atoms with Gasteiger partial charge in [-0.05, 0) is 31.5 Å². The van der Waals surface area contributed by atoms with Gasteiger partial charge in [0.15, 0.2) is 0 Å². The van der Waals surface area contributed by atoms with Crippen molar-refractivity contribution in [1.82, 2.24) is 5.32 Å². The van der Waals surface area contributed by atoms with Gasteiger partial charge in [0.25, 0.3) is 0 Å². The molecule has 1 amide bonds. The summed E-state index contributed by atoms with van der Waals surface area (Å²) in [4.78, 5) is 13.8. The molecule has 1 aliphatic heterocycles. The quantitative estimate of drug-likeness (QED) is 0.875. The van der Waals surface area contributed by atoms with Crippen LogP contribution in [0.3, 0.4) is 0 Å². The fraction of sp³-hybridized carbons (Fsp3) is 0.462. The number of nitrogens with zero attached hydrogens (tertiary/aromatic N) is 1. The Morgan fingerprint density at radius 3 is 2.89 bits per heavy atom. The predicted octanol–water partition coefficient (Wildman–Crippen LogP) is 1.79. The van der Waals surface area contributed by atoms with Crippen LogP contribution in [0.25, 0.3) is 0 Å². The highest BCUT2D eigenvalue weighted by Gasteiger charge is 2.25. The molecule has 98 valence electrons. The molecule has 4 nitrogen and oxygen atoms in total. The van der Waals surface area contributed by atoms with Crippen molar-refractivity contribution in [1.29, 1.82) is 0 Å². The van der Waals surface area contributed by atoms with Crippen LogP contribution in [0.2, 0.25) is 0 Å². The summed E-state index contributed by atoms with van der Waals surface area (Å²) in [6.07, 6.45) is 0. The molecule has 1 fully saturated rings. The Balaban J connectivity index is 2.28. The van der Waals surface area contributed by atoms with Gasteiger partial charge in [0.05, 0.1) is 0 Å². The molecule has 1 aromatic rings. The molecule has 5 heteroatoms. The van der Waals surface area contributed by atoms with Gasteiger partial charge >= 0.3 is 0 Å². The maximum absolute atomic E-state index is 11.7. The van der Waals surface area contributed by atoms with E-state index in [9.17, 15) is 4.79 Å². The van der Waals surface area contributed by atoms with E-state index in [1.807, 2.05) is 32.0 Å². The molecule has 1 saturated heterocycles. The number of anilines is 1. The maximum atomic E-state index is 11.7. The molecule has 0 aliphatic carbocycles. The zero-order valence-corrected chi connectivity index (χ0v) is 12.2. The molecule has 3 N–H and O–H groups in total. The largest absolute Gasteiger partial charge is 0.358 e. The number of nitrogens with one attached hydrogen (secondary N) is 1. The molecule has 1 aliphatic rings. The Bertz CT molecular complexity index is 462. The number of carbonyl (C=O) groups is 1. The Morgan fingerprint density at radius 1 is 1.56 bits per heavy atom. The van der Waals surface area contributed by atoms with E-state index in [4.69, 9.17) is 5.73 Å². The maximum Gasteiger partial charge on any atom is 0.242 e. The lowest BCUT2D eigenvalue weighted by Crippen LogP contribution is -2.54. The van der Waals surface area contributed by atoms with Crippen LogP contribution in [0.4, 0.5) is 5.69 Å². The number of halogens is 1. The van der Waals surface area contributed by atoms with Crippen LogP contribution in [0, 0.1) is 0 Å². The highest BCUT2D eigenvalue weighted by Crippen LogP contribution is 2.28. The number of hydrogen-bond donors (Lipinski definition) is 2. The molecular formula is C13H18BrN3O. The lowest BCUT2D eigenvalue weighted by Gasteiger charge is -2.35. The van der Waals surface area contributed by atoms with E-state index in [-0.39, 0.29) is 18.0 Å². The minimum absolute atomic E-state index is 0.00416. The first kappa shape index (κ1) is 13.4. The van der Waals surface area contributed by atoms with E-state index >= 15 is 0 Å². The van der Waals surface area contributed by atoms with Gasteiger partial charge in [-0.15, -0.1) is 0 Å². The Morgan fingerprint density at radius 2 is 2.28 bits per heavy atom. The highest BCUT2D eigenvalue weighted by molar-refractivity contribution is 9.10. The molecule has 0 aromatic heterocycles. The van der Waals surface area contributed by atoms with Crippen molar-refractivity contribution in [3.8, 4) is 0 Å². The third-order valence-electron chi connectivity index (χ3n) is 3.31. The summed E-state index contributed by atoms with van der Waals surface area (Å²) in [7, 11) is 0. The molecule has 0 bridgehead atoms. The van der Waals surface area contributed by atoms with Crippen LogP contribution < -0.4 is 16.0 Å². The fourth-order valence-electron chi connectivity index (χ4n) is 2.20. The SMILES string of the molecule is CC(N)c1ccc(N2CCNC(=O)C2C)cc1Br. The number of piperazine rings is 1. The third kappa shape index (κ3) is 2.52. The molecular weight excluding hydrogens is 294 g/mol. The monoisotopic (exact) mass is 311 g/mol. The number of amides is 1. The van der Waals surface area contributed by atoms with E-state index in [1.165, 1.54) is 0 Å². The van der Waals surface area contributed by atoms with E-state index in [1.54, 1.807) is 0 Å². The van der Waals surface area contributed by atoms with Crippen molar-refractivity contribution in [3.63, 3.8) is 0 Å². The summed E-state index contributed by atoms with van der Waals surface area (Å²) < 4.78 is 0.994. The Hall–Kier alpha value is -1.07. The van der Waals surface area contributed by atoms with Crippen molar-refractivity contribution < 1.29 is 4.79 Å². The summed E-state index contributed by atoms with van der Waals surface area (Å²) in [5, 5.41) is 2.86. The van der Waals surface area contributed by atoms with Crippen LogP contribution in [0.1, 0.15) is 25.5 Å². The van der Waals surface area contributed by atoms with Crippen LogP contribution in [0.5, 0.6) is 0 Å². The number of carbonyl (C=O) groups excluding carboxylic acids is 1. The van der Waals surface area contributed by atoms with Crippen molar-refractivity contribution in [2.45, 2.75) is 25.9 Å². The number of rotatable bonds is 2. The summed E-state index contributed by atoms with van der Waals surface area (Å²) in [6, 6.07) is 5.94. The van der Waals surface area contributed by atoms with E-state index in [0.717, 1.165) is 22.3 Å². The summed E-state index contributed by atoms with van der Waals surface area (Å²) >= 11 is 3.54. The lowest BCUT2D eigenvalue weighted by atomic mass is 10.1. The summed E-state index contributed by atoms with van der Waals surface area (Å²) in [6.45, 7) is 5.39. The van der Waals surface area contributed by atoms with Crippen molar-refractivity contribution in [2.75, 3.05) is 18.0 Å². The summed E-state index contributed by atoms with van der Waals surface area (Å²) in [5.74, 6) is 0.0774. The van der Waals surface area contributed by atoms with Gasteiger partial charge in [0, 0.05) is 29.3 Å². The molecule has 0 spiro atoms. The van der Waals surface area contributed by atoms with Crippen LogP contribution in [0.15, 0.2) is 22.7 Å². The van der Waals surface area contributed by atoms with Crippen LogP contribution >= 0.6 is 15.9 Å². The molecule has 2 rings (SSSR count). The molecule has 1 heterocycles. The van der Waals surface area contributed by atoms with Crippen LogP contribution in [-0.2, 0) is 4.79 Å². The smallest absolute Gasteiger partial charge is 0.242 e. The second-order valence-electron chi connectivity index (χ2n) is 4.65. The zero-order valence-electron chi connectivity index (χ0n) is 10.6. The van der Waals surface area contributed by atoms with Gasteiger partial charge in [0.1, 0.15) is 6.04 Å². The van der Waals surface area contributed by atoms with Crippen molar-refractivity contribution in [3.05, 3.63) is 28.2 Å². The molecule has 0 radical (unpaired) electrons. The predicted molar refractivity (Wildman–Crippen MR) is 76.6 cm³/mol. The summed E-state index contributed by atoms with van der Waals surface area (Å²) in [5.41, 5.74) is 8.01. The first-order valence-electron chi connectivity index (χ1n) is 6.10. The second kappa shape index (κ2) is 5.28. The molecule has 2 atom stereocenters. The standard InChI is InChI=1S/C13H18BrN3O/c1-8(15)11-4-3-10(7-12(11)14)17-6-5-16-13(18)9(17)2/h3-4,7-9H,5-6,15H2,1-2H3,(H,16,18). The first-order valence-corrected chi connectivity index (χ1v) is 6.89. The van der Waals surface area contributed by atoms with Gasteiger partial charge in [-0.25, -0.2) is 0 Å². The highest BCUT2D eigenvalue weighted by atomic mass is 79.9. The second-order valence-corrected chi connectivity index (χ2v) is 5.51. The molecule has 2 unspecified atom stereocenters. The topological polar surface area (TPSA) is 58.4 Å². The molecule has 1 aromatic carbocycles. The van der Waals surface area contributed by atoms with Gasteiger partial charge < -0.3 is 16.0 Å². The van der Waals surface area contributed by atoms with E-state index in [2.05, 4.69) is 26.1 Å². The van der Waals surface area contributed by atoms with E-state index < -0.39 is 0 Å². The van der Waals surface area contributed by atoms with Gasteiger partial charge in [0.2, 0.25) is 5.91 Å². The fourth-order valence-corrected chi connectivity index (χ4v) is 2.93.